The Morgan fingerprint density at radius 3 is 2.74 bits per heavy atom. The molecule has 3 N–H and O–H groups in total. The zero-order chi connectivity index (χ0) is 21.2. The summed E-state index contributed by atoms with van der Waals surface area (Å²) < 4.78 is 0. The maximum atomic E-state index is 12.9. The summed E-state index contributed by atoms with van der Waals surface area (Å²) in [7, 11) is 0. The Balaban J connectivity index is 1.39. The zero-order valence-electron chi connectivity index (χ0n) is 17.0. The molecule has 0 saturated carbocycles. The van der Waals surface area contributed by atoms with E-state index < -0.39 is 0 Å². The van der Waals surface area contributed by atoms with Crippen molar-refractivity contribution >= 4 is 28.2 Å². The van der Waals surface area contributed by atoms with E-state index in [1.54, 1.807) is 24.4 Å². The molecule has 2 aromatic carbocycles. The largest absolute Gasteiger partial charge is 0.383 e. The molecule has 0 bridgehead atoms. The van der Waals surface area contributed by atoms with E-state index >= 15 is 0 Å². The van der Waals surface area contributed by atoms with Crippen LogP contribution in [0.25, 0.3) is 10.8 Å². The molecule has 1 saturated heterocycles. The molecule has 154 valence electrons. The first kappa shape index (κ1) is 19.2. The average molecular weight is 409 g/mol. The molecule has 6 heteroatoms. The minimum absolute atomic E-state index is 0.188. The minimum Gasteiger partial charge on any atom is -0.383 e. The quantitative estimate of drug-likeness (QED) is 0.501. The molecule has 0 radical (unpaired) electrons. The molecule has 1 aliphatic heterocycles. The second-order valence-corrected chi connectivity index (χ2v) is 7.71. The van der Waals surface area contributed by atoms with Crippen molar-refractivity contribution in [2.45, 2.75) is 6.04 Å². The molecule has 3 heterocycles. The van der Waals surface area contributed by atoms with E-state index in [4.69, 9.17) is 5.73 Å². The molecule has 1 aliphatic rings. The van der Waals surface area contributed by atoms with Gasteiger partial charge in [0, 0.05) is 31.9 Å². The molecule has 0 spiro atoms. The third-order valence-electron chi connectivity index (χ3n) is 5.73. The number of rotatable bonds is 4. The van der Waals surface area contributed by atoms with Crippen molar-refractivity contribution in [1.82, 2.24) is 15.3 Å². The summed E-state index contributed by atoms with van der Waals surface area (Å²) in [5.41, 5.74) is 7.88. The molecule has 1 unspecified atom stereocenters. The molecular formula is C25H23N5O. The van der Waals surface area contributed by atoms with E-state index in [0.717, 1.165) is 25.5 Å². The number of hydrogen-bond donors (Lipinski definition) is 2. The van der Waals surface area contributed by atoms with Crippen LogP contribution in [0.15, 0.2) is 79.0 Å². The topological polar surface area (TPSA) is 84.1 Å². The average Bonchev–Trinajstić information content (AvgIpc) is 2.84. The monoisotopic (exact) mass is 409 g/mol. The number of carbonyl (C=O) groups excluding carboxylic acids is 1. The number of piperazine rings is 1. The molecule has 0 amide bonds. The van der Waals surface area contributed by atoms with Crippen LogP contribution >= 0.6 is 0 Å². The van der Waals surface area contributed by atoms with Crippen LogP contribution < -0.4 is 16.0 Å². The van der Waals surface area contributed by atoms with Gasteiger partial charge in [0.1, 0.15) is 17.3 Å². The first-order valence-corrected chi connectivity index (χ1v) is 10.4. The van der Waals surface area contributed by atoms with Gasteiger partial charge < -0.3 is 16.0 Å². The van der Waals surface area contributed by atoms with Gasteiger partial charge in [-0.3, -0.25) is 4.79 Å². The third kappa shape index (κ3) is 3.85. The van der Waals surface area contributed by atoms with Crippen LogP contribution in [0.5, 0.6) is 0 Å². The summed E-state index contributed by atoms with van der Waals surface area (Å²) in [5.74, 6) is 0.799. The van der Waals surface area contributed by atoms with Crippen molar-refractivity contribution < 1.29 is 4.79 Å². The van der Waals surface area contributed by atoms with Gasteiger partial charge in [0.25, 0.3) is 0 Å². The Hall–Kier alpha value is -3.77. The zero-order valence-corrected chi connectivity index (χ0v) is 17.0. The molecule has 1 fully saturated rings. The SMILES string of the molecule is Nc1ncccc1C(=O)c1cccc(N2CCNC(c3ccc4ccccc4c3)C2)n1. The van der Waals surface area contributed by atoms with E-state index in [-0.39, 0.29) is 17.6 Å². The van der Waals surface area contributed by atoms with Crippen molar-refractivity contribution in [3.63, 3.8) is 0 Å². The van der Waals surface area contributed by atoms with E-state index in [2.05, 4.69) is 62.6 Å². The van der Waals surface area contributed by atoms with Crippen LogP contribution in [0.4, 0.5) is 11.6 Å². The summed E-state index contributed by atoms with van der Waals surface area (Å²) in [6, 6.07) is 24.1. The lowest BCUT2D eigenvalue weighted by Gasteiger charge is -2.35. The van der Waals surface area contributed by atoms with Gasteiger partial charge in [0.15, 0.2) is 0 Å². The van der Waals surface area contributed by atoms with Gasteiger partial charge in [-0.05, 0) is 46.7 Å². The second kappa shape index (κ2) is 8.16. The summed E-state index contributed by atoms with van der Waals surface area (Å²) in [4.78, 5) is 23.8. The van der Waals surface area contributed by atoms with Crippen molar-refractivity contribution in [3.8, 4) is 0 Å². The molecule has 6 nitrogen and oxygen atoms in total. The number of nitrogens with one attached hydrogen (secondary N) is 1. The van der Waals surface area contributed by atoms with Crippen LogP contribution in [0.3, 0.4) is 0 Å². The Morgan fingerprint density at radius 2 is 1.87 bits per heavy atom. The number of carbonyl (C=O) groups is 1. The molecule has 2 aromatic heterocycles. The normalized spacial score (nSPS) is 16.4. The predicted octanol–water partition coefficient (Wildman–Crippen LogP) is 3.59. The first-order chi connectivity index (χ1) is 15.2. The van der Waals surface area contributed by atoms with E-state index in [1.165, 1.54) is 16.3 Å². The van der Waals surface area contributed by atoms with Gasteiger partial charge >= 0.3 is 0 Å². The summed E-state index contributed by atoms with van der Waals surface area (Å²) >= 11 is 0. The van der Waals surface area contributed by atoms with Crippen molar-refractivity contribution in [2.24, 2.45) is 0 Å². The molecule has 5 rings (SSSR count). The maximum Gasteiger partial charge on any atom is 0.215 e. The van der Waals surface area contributed by atoms with Crippen LogP contribution in [0.1, 0.15) is 27.7 Å². The predicted molar refractivity (Wildman–Crippen MR) is 123 cm³/mol. The summed E-state index contributed by atoms with van der Waals surface area (Å²) in [5, 5.41) is 6.08. The Labute approximate surface area is 180 Å². The standard InChI is InChI=1S/C25H23N5O/c26-25-20(7-4-12-28-25)24(31)21-8-3-9-23(29-21)30-14-13-27-22(16-30)19-11-10-17-5-1-2-6-18(17)15-19/h1-12,15,22,27H,13-14,16H2,(H2,26,28). The first-order valence-electron chi connectivity index (χ1n) is 10.4. The van der Waals surface area contributed by atoms with E-state index in [9.17, 15) is 4.79 Å². The van der Waals surface area contributed by atoms with Crippen molar-refractivity contribution in [2.75, 3.05) is 30.3 Å². The second-order valence-electron chi connectivity index (χ2n) is 7.71. The van der Waals surface area contributed by atoms with Gasteiger partial charge in [0.2, 0.25) is 5.78 Å². The molecule has 4 aromatic rings. The lowest BCUT2D eigenvalue weighted by Crippen LogP contribution is -2.46. The molecule has 31 heavy (non-hydrogen) atoms. The summed E-state index contributed by atoms with van der Waals surface area (Å²) in [6.45, 7) is 2.44. The fourth-order valence-electron chi connectivity index (χ4n) is 4.08. The number of ketones is 1. The Kier molecular flexibility index (Phi) is 5.06. The Bertz CT molecular complexity index is 1260. The van der Waals surface area contributed by atoms with Gasteiger partial charge in [-0.15, -0.1) is 0 Å². The number of fused-ring (bicyclic) bond motifs is 1. The summed E-state index contributed by atoms with van der Waals surface area (Å²) in [6.07, 6.45) is 1.57. The number of hydrogen-bond acceptors (Lipinski definition) is 6. The molecular weight excluding hydrogens is 386 g/mol. The highest BCUT2D eigenvalue weighted by Gasteiger charge is 2.23. The van der Waals surface area contributed by atoms with Gasteiger partial charge in [-0.25, -0.2) is 9.97 Å². The van der Waals surface area contributed by atoms with Crippen molar-refractivity contribution in [3.05, 3.63) is 95.8 Å². The van der Waals surface area contributed by atoms with Crippen molar-refractivity contribution in [1.29, 1.82) is 0 Å². The highest BCUT2D eigenvalue weighted by Crippen LogP contribution is 2.25. The number of anilines is 2. The van der Waals surface area contributed by atoms with Gasteiger partial charge in [-0.1, -0.05) is 42.5 Å². The molecule has 0 aliphatic carbocycles. The number of nitrogen functional groups attached to an aromatic ring is 1. The van der Waals surface area contributed by atoms with Gasteiger partial charge in [-0.2, -0.15) is 0 Å². The van der Waals surface area contributed by atoms with E-state index in [1.807, 2.05) is 12.1 Å². The number of pyridine rings is 2. The van der Waals surface area contributed by atoms with Gasteiger partial charge in [0.05, 0.1) is 5.56 Å². The highest BCUT2D eigenvalue weighted by atomic mass is 16.1. The lowest BCUT2D eigenvalue weighted by molar-refractivity contribution is 0.103. The third-order valence-corrected chi connectivity index (χ3v) is 5.73. The fourth-order valence-corrected chi connectivity index (χ4v) is 4.08. The maximum absolute atomic E-state index is 12.9. The smallest absolute Gasteiger partial charge is 0.215 e. The number of nitrogens with zero attached hydrogens (tertiary/aromatic N) is 3. The lowest BCUT2D eigenvalue weighted by atomic mass is 10.00. The minimum atomic E-state index is -0.214. The van der Waals surface area contributed by atoms with Crippen LogP contribution in [0.2, 0.25) is 0 Å². The van der Waals surface area contributed by atoms with Crippen LogP contribution in [-0.2, 0) is 0 Å². The highest BCUT2D eigenvalue weighted by molar-refractivity contribution is 6.10. The number of aromatic nitrogens is 2. The van der Waals surface area contributed by atoms with E-state index in [0.29, 0.717) is 11.3 Å². The Morgan fingerprint density at radius 1 is 1.00 bits per heavy atom. The fraction of sp³-hybridized carbons (Fsp3) is 0.160. The number of nitrogens with two attached hydrogens (primary N) is 1. The van der Waals surface area contributed by atoms with Crippen LogP contribution in [-0.4, -0.2) is 35.4 Å². The van der Waals surface area contributed by atoms with Crippen LogP contribution in [0, 0.1) is 0 Å². The number of benzene rings is 2. The molecule has 1 atom stereocenters.